The van der Waals surface area contributed by atoms with Crippen molar-refractivity contribution in [2.45, 2.75) is 53.0 Å². The maximum atomic E-state index is 12.0. The molecule has 1 aromatic carbocycles. The molecule has 100 valence electrons. The molecule has 0 bridgehead atoms. The van der Waals surface area contributed by atoms with Gasteiger partial charge in [-0.25, -0.2) is 0 Å². The van der Waals surface area contributed by atoms with Crippen molar-refractivity contribution in [3.8, 4) is 0 Å². The summed E-state index contributed by atoms with van der Waals surface area (Å²) in [5, 5.41) is 3.05. The normalized spacial score (nSPS) is 12.5. The van der Waals surface area contributed by atoms with Gasteiger partial charge < -0.3 is 5.32 Å². The first-order valence-corrected chi connectivity index (χ1v) is 6.92. The highest BCUT2D eigenvalue weighted by Gasteiger charge is 2.09. The van der Waals surface area contributed by atoms with Crippen molar-refractivity contribution >= 4 is 5.91 Å². The van der Waals surface area contributed by atoms with Crippen LogP contribution in [-0.2, 0) is 6.42 Å². The Balaban J connectivity index is 2.48. The zero-order valence-corrected chi connectivity index (χ0v) is 12.0. The van der Waals surface area contributed by atoms with E-state index < -0.39 is 0 Å². The van der Waals surface area contributed by atoms with Crippen LogP contribution in [0.5, 0.6) is 0 Å². The monoisotopic (exact) mass is 247 g/mol. The van der Waals surface area contributed by atoms with Gasteiger partial charge in [0.1, 0.15) is 0 Å². The van der Waals surface area contributed by atoms with Crippen molar-refractivity contribution in [1.82, 2.24) is 5.32 Å². The average molecular weight is 247 g/mol. The lowest BCUT2D eigenvalue weighted by Crippen LogP contribution is -2.32. The van der Waals surface area contributed by atoms with Crippen LogP contribution in [0.1, 0.15) is 56.5 Å². The first kappa shape index (κ1) is 14.7. The lowest BCUT2D eigenvalue weighted by molar-refractivity contribution is 0.0937. The summed E-state index contributed by atoms with van der Waals surface area (Å²) >= 11 is 0. The summed E-state index contributed by atoms with van der Waals surface area (Å²) in [5.41, 5.74) is 2.02. The molecule has 18 heavy (non-hydrogen) atoms. The van der Waals surface area contributed by atoms with Gasteiger partial charge in [-0.2, -0.15) is 0 Å². The third kappa shape index (κ3) is 4.91. The molecule has 0 saturated heterocycles. The Morgan fingerprint density at radius 1 is 1.11 bits per heavy atom. The molecule has 0 aliphatic heterocycles. The molecule has 2 heteroatoms. The highest BCUT2D eigenvalue weighted by Crippen LogP contribution is 2.08. The smallest absolute Gasteiger partial charge is 0.251 e. The van der Waals surface area contributed by atoms with E-state index in [-0.39, 0.29) is 11.9 Å². The van der Waals surface area contributed by atoms with Crippen LogP contribution in [0.25, 0.3) is 0 Å². The molecule has 0 aromatic heterocycles. The van der Waals surface area contributed by atoms with E-state index >= 15 is 0 Å². The van der Waals surface area contributed by atoms with E-state index in [2.05, 4.69) is 33.0 Å². The summed E-state index contributed by atoms with van der Waals surface area (Å²) < 4.78 is 0. The first-order chi connectivity index (χ1) is 8.52. The van der Waals surface area contributed by atoms with Gasteiger partial charge in [0.2, 0.25) is 0 Å². The molecule has 0 radical (unpaired) electrons. The predicted octanol–water partition coefficient (Wildman–Crippen LogP) is 3.80. The predicted molar refractivity (Wildman–Crippen MR) is 76.8 cm³/mol. The number of hydrogen-bond acceptors (Lipinski definition) is 1. The van der Waals surface area contributed by atoms with E-state index in [1.165, 1.54) is 5.56 Å². The highest BCUT2D eigenvalue weighted by atomic mass is 16.1. The fourth-order valence-corrected chi connectivity index (χ4v) is 1.85. The summed E-state index contributed by atoms with van der Waals surface area (Å²) in [6.07, 6.45) is 3.19. The lowest BCUT2D eigenvalue weighted by atomic mass is 10.0. The van der Waals surface area contributed by atoms with Gasteiger partial charge >= 0.3 is 0 Å². The van der Waals surface area contributed by atoms with Crippen LogP contribution >= 0.6 is 0 Å². The van der Waals surface area contributed by atoms with E-state index in [4.69, 9.17) is 0 Å². The SMILES string of the molecule is CCc1ccc(C(=O)NC(C)CCC(C)C)cc1. The van der Waals surface area contributed by atoms with Gasteiger partial charge in [-0.15, -0.1) is 0 Å². The summed E-state index contributed by atoms with van der Waals surface area (Å²) in [6, 6.07) is 8.10. The van der Waals surface area contributed by atoms with Crippen LogP contribution in [0.2, 0.25) is 0 Å². The van der Waals surface area contributed by atoms with Gasteiger partial charge in [-0.1, -0.05) is 32.9 Å². The third-order valence-electron chi connectivity index (χ3n) is 3.18. The Morgan fingerprint density at radius 2 is 1.72 bits per heavy atom. The number of carbonyl (C=O) groups is 1. The van der Waals surface area contributed by atoms with Gasteiger partial charge in [0.05, 0.1) is 0 Å². The molecule has 0 aliphatic carbocycles. The number of amides is 1. The minimum Gasteiger partial charge on any atom is -0.350 e. The molecule has 0 heterocycles. The molecule has 1 rings (SSSR count). The van der Waals surface area contributed by atoms with Crippen LogP contribution in [0, 0.1) is 5.92 Å². The molecular formula is C16H25NO. The largest absolute Gasteiger partial charge is 0.350 e. The van der Waals surface area contributed by atoms with Crippen LogP contribution in [0.15, 0.2) is 24.3 Å². The van der Waals surface area contributed by atoms with Crippen molar-refractivity contribution in [3.63, 3.8) is 0 Å². The van der Waals surface area contributed by atoms with Crippen LogP contribution in [0.4, 0.5) is 0 Å². The van der Waals surface area contributed by atoms with Gasteiger partial charge in [-0.3, -0.25) is 4.79 Å². The standard InChI is InChI=1S/C16H25NO/c1-5-14-8-10-15(11-9-14)16(18)17-13(4)7-6-12(2)3/h8-13H,5-7H2,1-4H3,(H,17,18). The number of nitrogens with one attached hydrogen (secondary N) is 1. The van der Waals surface area contributed by atoms with Crippen molar-refractivity contribution in [2.75, 3.05) is 0 Å². The Kier molecular flexibility index (Phi) is 5.90. The Labute approximate surface area is 111 Å². The number of aryl methyl sites for hydroxylation is 1. The summed E-state index contributed by atoms with van der Waals surface area (Å²) in [7, 11) is 0. The second kappa shape index (κ2) is 7.20. The molecule has 1 N–H and O–H groups in total. The maximum Gasteiger partial charge on any atom is 0.251 e. The second-order valence-corrected chi connectivity index (χ2v) is 5.40. The van der Waals surface area contributed by atoms with Gasteiger partial charge in [0.25, 0.3) is 5.91 Å². The maximum absolute atomic E-state index is 12.0. The first-order valence-electron chi connectivity index (χ1n) is 6.92. The Bertz CT molecular complexity index is 367. The zero-order valence-electron chi connectivity index (χ0n) is 12.0. The molecule has 2 nitrogen and oxygen atoms in total. The van der Waals surface area contributed by atoms with Crippen molar-refractivity contribution in [2.24, 2.45) is 5.92 Å². The van der Waals surface area contributed by atoms with Crippen molar-refractivity contribution < 1.29 is 4.79 Å². The highest BCUT2D eigenvalue weighted by molar-refractivity contribution is 5.94. The van der Waals surface area contributed by atoms with E-state index in [1.54, 1.807) is 0 Å². The summed E-state index contributed by atoms with van der Waals surface area (Å²) in [4.78, 5) is 12.0. The van der Waals surface area contributed by atoms with E-state index in [9.17, 15) is 4.79 Å². The molecular weight excluding hydrogens is 222 g/mol. The Hall–Kier alpha value is -1.31. The average Bonchev–Trinajstić information content (AvgIpc) is 2.36. The quantitative estimate of drug-likeness (QED) is 0.814. The molecule has 1 amide bonds. The summed E-state index contributed by atoms with van der Waals surface area (Å²) in [6.45, 7) is 8.60. The van der Waals surface area contributed by atoms with Crippen molar-refractivity contribution in [1.29, 1.82) is 0 Å². The van der Waals surface area contributed by atoms with Crippen LogP contribution in [0.3, 0.4) is 0 Å². The summed E-state index contributed by atoms with van der Waals surface area (Å²) in [5.74, 6) is 0.724. The van der Waals surface area contributed by atoms with Gasteiger partial charge in [0.15, 0.2) is 0 Å². The minimum absolute atomic E-state index is 0.0360. The van der Waals surface area contributed by atoms with Gasteiger partial charge in [-0.05, 0) is 49.8 Å². The third-order valence-corrected chi connectivity index (χ3v) is 3.18. The molecule has 1 atom stereocenters. The molecule has 0 aliphatic rings. The molecule has 1 unspecified atom stereocenters. The zero-order chi connectivity index (χ0) is 13.5. The lowest BCUT2D eigenvalue weighted by Gasteiger charge is -2.15. The van der Waals surface area contributed by atoms with E-state index in [1.807, 2.05) is 24.3 Å². The van der Waals surface area contributed by atoms with Crippen molar-refractivity contribution in [3.05, 3.63) is 35.4 Å². The van der Waals surface area contributed by atoms with E-state index in [0.29, 0.717) is 5.92 Å². The fourth-order valence-electron chi connectivity index (χ4n) is 1.85. The molecule has 0 spiro atoms. The fraction of sp³-hybridized carbons (Fsp3) is 0.562. The molecule has 1 aromatic rings. The molecule has 0 saturated carbocycles. The van der Waals surface area contributed by atoms with E-state index in [0.717, 1.165) is 24.8 Å². The minimum atomic E-state index is 0.0360. The topological polar surface area (TPSA) is 29.1 Å². The number of benzene rings is 1. The van der Waals surface area contributed by atoms with Gasteiger partial charge in [0, 0.05) is 11.6 Å². The Morgan fingerprint density at radius 3 is 2.22 bits per heavy atom. The number of carbonyl (C=O) groups excluding carboxylic acids is 1. The molecule has 0 fully saturated rings. The number of hydrogen-bond donors (Lipinski definition) is 1. The number of rotatable bonds is 6. The van der Waals surface area contributed by atoms with Crippen LogP contribution in [-0.4, -0.2) is 11.9 Å². The second-order valence-electron chi connectivity index (χ2n) is 5.40. The van der Waals surface area contributed by atoms with Crippen LogP contribution < -0.4 is 5.32 Å².